The van der Waals surface area contributed by atoms with Gasteiger partial charge in [0.2, 0.25) is 0 Å². The summed E-state index contributed by atoms with van der Waals surface area (Å²) >= 11 is 0. The Labute approximate surface area is 85.5 Å². The molecular weight excluding hydrogens is 184 g/mol. The Morgan fingerprint density at radius 2 is 1.64 bits per heavy atom. The molecule has 0 amide bonds. The fourth-order valence-electron chi connectivity index (χ4n) is 2.19. The van der Waals surface area contributed by atoms with Crippen molar-refractivity contribution in [1.29, 1.82) is 0 Å². The van der Waals surface area contributed by atoms with E-state index in [1.165, 1.54) is 0 Å². The summed E-state index contributed by atoms with van der Waals surface area (Å²) in [5.41, 5.74) is 0. The van der Waals surface area contributed by atoms with Crippen molar-refractivity contribution in [3.05, 3.63) is 0 Å². The van der Waals surface area contributed by atoms with Gasteiger partial charge in [-0.05, 0) is 37.8 Å². The second kappa shape index (κ2) is 5.64. The van der Waals surface area contributed by atoms with Crippen LogP contribution in [0.5, 0.6) is 0 Å². The molecule has 14 heavy (non-hydrogen) atoms. The zero-order valence-electron chi connectivity index (χ0n) is 9.18. The molecule has 0 atom stereocenters. The SMILES string of the molecule is CC(C)C1CCN(C(CF)CF)CC1. The topological polar surface area (TPSA) is 3.24 Å². The third-order valence-corrected chi connectivity index (χ3v) is 3.39. The normalized spacial score (nSPS) is 21.0. The lowest BCUT2D eigenvalue weighted by Crippen LogP contribution is -2.44. The van der Waals surface area contributed by atoms with Crippen molar-refractivity contribution >= 4 is 0 Å². The lowest BCUT2D eigenvalue weighted by atomic mass is 9.86. The van der Waals surface area contributed by atoms with Crippen molar-refractivity contribution < 1.29 is 8.78 Å². The maximum absolute atomic E-state index is 12.4. The van der Waals surface area contributed by atoms with Crippen LogP contribution >= 0.6 is 0 Å². The molecule has 0 aromatic heterocycles. The Bertz CT molecular complexity index is 149. The summed E-state index contributed by atoms with van der Waals surface area (Å²) in [6.07, 6.45) is 2.18. The molecular formula is C11H21F2N. The van der Waals surface area contributed by atoms with E-state index in [2.05, 4.69) is 13.8 Å². The molecule has 3 heteroatoms. The van der Waals surface area contributed by atoms with Crippen molar-refractivity contribution in [2.75, 3.05) is 26.4 Å². The van der Waals surface area contributed by atoms with Crippen molar-refractivity contribution in [2.45, 2.75) is 32.7 Å². The third-order valence-electron chi connectivity index (χ3n) is 3.39. The molecule has 1 heterocycles. The second-order valence-electron chi connectivity index (χ2n) is 4.58. The van der Waals surface area contributed by atoms with E-state index < -0.39 is 19.4 Å². The smallest absolute Gasteiger partial charge is 0.107 e. The molecule has 0 radical (unpaired) electrons. The van der Waals surface area contributed by atoms with E-state index in [4.69, 9.17) is 0 Å². The number of rotatable bonds is 4. The molecule has 1 saturated heterocycles. The Kier molecular flexibility index (Phi) is 4.79. The summed E-state index contributed by atoms with van der Waals surface area (Å²) in [7, 11) is 0. The van der Waals surface area contributed by atoms with Gasteiger partial charge in [0.1, 0.15) is 13.3 Å². The van der Waals surface area contributed by atoms with E-state index in [0.29, 0.717) is 5.92 Å². The molecule has 1 nitrogen and oxygen atoms in total. The molecule has 1 aliphatic heterocycles. The van der Waals surface area contributed by atoms with Crippen molar-refractivity contribution in [3.8, 4) is 0 Å². The van der Waals surface area contributed by atoms with Crippen LogP contribution in [-0.4, -0.2) is 37.4 Å². The molecule has 0 N–H and O–H groups in total. The molecule has 1 rings (SSSR count). The molecule has 1 aliphatic rings. The van der Waals surface area contributed by atoms with Crippen LogP contribution in [0.15, 0.2) is 0 Å². The number of alkyl halides is 2. The largest absolute Gasteiger partial charge is 0.295 e. The van der Waals surface area contributed by atoms with Crippen LogP contribution < -0.4 is 0 Å². The van der Waals surface area contributed by atoms with Gasteiger partial charge < -0.3 is 0 Å². The highest BCUT2D eigenvalue weighted by molar-refractivity contribution is 4.79. The van der Waals surface area contributed by atoms with Gasteiger partial charge in [-0.25, -0.2) is 8.78 Å². The van der Waals surface area contributed by atoms with Crippen LogP contribution in [-0.2, 0) is 0 Å². The van der Waals surface area contributed by atoms with Gasteiger partial charge >= 0.3 is 0 Å². The lowest BCUT2D eigenvalue weighted by Gasteiger charge is -2.36. The van der Waals surface area contributed by atoms with Gasteiger partial charge in [-0.3, -0.25) is 4.90 Å². The Morgan fingerprint density at radius 3 is 2.00 bits per heavy atom. The van der Waals surface area contributed by atoms with E-state index in [1.807, 2.05) is 4.90 Å². The van der Waals surface area contributed by atoms with Crippen LogP contribution in [0, 0.1) is 11.8 Å². The molecule has 0 saturated carbocycles. The Hall–Kier alpha value is -0.180. The van der Waals surface area contributed by atoms with Crippen molar-refractivity contribution in [3.63, 3.8) is 0 Å². The summed E-state index contributed by atoms with van der Waals surface area (Å²) in [6.45, 7) is 5.07. The minimum atomic E-state index is -0.553. The summed E-state index contributed by atoms with van der Waals surface area (Å²) in [6, 6.07) is -0.483. The minimum Gasteiger partial charge on any atom is -0.295 e. The number of halogens is 2. The van der Waals surface area contributed by atoms with Gasteiger partial charge in [-0.1, -0.05) is 13.8 Å². The predicted octanol–water partition coefficient (Wildman–Crippen LogP) is 2.66. The first-order valence-corrected chi connectivity index (χ1v) is 5.55. The fourth-order valence-corrected chi connectivity index (χ4v) is 2.19. The maximum atomic E-state index is 12.4. The quantitative estimate of drug-likeness (QED) is 0.682. The number of hydrogen-bond donors (Lipinski definition) is 0. The molecule has 0 bridgehead atoms. The summed E-state index contributed by atoms with van der Waals surface area (Å²) in [4.78, 5) is 1.96. The number of hydrogen-bond acceptors (Lipinski definition) is 1. The highest BCUT2D eigenvalue weighted by Crippen LogP contribution is 2.25. The Morgan fingerprint density at radius 1 is 1.14 bits per heavy atom. The van der Waals surface area contributed by atoms with E-state index >= 15 is 0 Å². The average molecular weight is 205 g/mol. The first-order valence-electron chi connectivity index (χ1n) is 5.55. The highest BCUT2D eigenvalue weighted by Gasteiger charge is 2.26. The van der Waals surface area contributed by atoms with Crippen LogP contribution in [0.4, 0.5) is 8.78 Å². The molecule has 84 valence electrons. The van der Waals surface area contributed by atoms with E-state index in [1.54, 1.807) is 0 Å². The van der Waals surface area contributed by atoms with E-state index in [0.717, 1.165) is 31.8 Å². The van der Waals surface area contributed by atoms with Gasteiger partial charge in [0.15, 0.2) is 0 Å². The van der Waals surface area contributed by atoms with Gasteiger partial charge in [0, 0.05) is 0 Å². The molecule has 0 aromatic carbocycles. The number of likely N-dealkylation sites (tertiary alicyclic amines) is 1. The van der Waals surface area contributed by atoms with Gasteiger partial charge in [-0.2, -0.15) is 0 Å². The predicted molar refractivity (Wildman–Crippen MR) is 54.9 cm³/mol. The maximum Gasteiger partial charge on any atom is 0.107 e. The highest BCUT2D eigenvalue weighted by atomic mass is 19.1. The summed E-state index contributed by atoms with van der Waals surface area (Å²) < 4.78 is 24.8. The second-order valence-corrected chi connectivity index (χ2v) is 4.58. The number of piperidine rings is 1. The zero-order chi connectivity index (χ0) is 10.6. The average Bonchev–Trinajstić information content (AvgIpc) is 2.20. The summed E-state index contributed by atoms with van der Waals surface area (Å²) in [5, 5.41) is 0. The molecule has 0 spiro atoms. The van der Waals surface area contributed by atoms with Gasteiger partial charge in [0.25, 0.3) is 0 Å². The van der Waals surface area contributed by atoms with E-state index in [9.17, 15) is 8.78 Å². The monoisotopic (exact) mass is 205 g/mol. The Balaban J connectivity index is 2.34. The van der Waals surface area contributed by atoms with Crippen molar-refractivity contribution in [2.24, 2.45) is 11.8 Å². The molecule has 0 unspecified atom stereocenters. The number of nitrogens with zero attached hydrogens (tertiary/aromatic N) is 1. The van der Waals surface area contributed by atoms with Crippen LogP contribution in [0.25, 0.3) is 0 Å². The van der Waals surface area contributed by atoms with E-state index in [-0.39, 0.29) is 0 Å². The lowest BCUT2D eigenvalue weighted by molar-refractivity contribution is 0.0845. The first kappa shape index (κ1) is 11.9. The summed E-state index contributed by atoms with van der Waals surface area (Å²) in [5.74, 6) is 1.44. The molecule has 0 aliphatic carbocycles. The van der Waals surface area contributed by atoms with Crippen LogP contribution in [0.3, 0.4) is 0 Å². The standard InChI is InChI=1S/C11H21F2N/c1-9(2)10-3-5-14(6-4-10)11(7-12)8-13/h9-11H,3-8H2,1-2H3. The first-order chi connectivity index (χ1) is 6.69. The molecule has 1 fully saturated rings. The van der Waals surface area contributed by atoms with Crippen molar-refractivity contribution in [1.82, 2.24) is 4.90 Å². The van der Waals surface area contributed by atoms with Crippen LogP contribution in [0.2, 0.25) is 0 Å². The van der Waals surface area contributed by atoms with Gasteiger partial charge in [-0.15, -0.1) is 0 Å². The minimum absolute atomic E-state index is 0.483. The third kappa shape index (κ3) is 2.91. The van der Waals surface area contributed by atoms with Gasteiger partial charge in [0.05, 0.1) is 6.04 Å². The fraction of sp³-hybridized carbons (Fsp3) is 1.00. The molecule has 0 aromatic rings. The van der Waals surface area contributed by atoms with Crippen LogP contribution in [0.1, 0.15) is 26.7 Å². The zero-order valence-corrected chi connectivity index (χ0v) is 9.18.